The van der Waals surface area contributed by atoms with Gasteiger partial charge >= 0.3 is 5.97 Å². The Morgan fingerprint density at radius 1 is 1.04 bits per heavy atom. The van der Waals surface area contributed by atoms with Gasteiger partial charge in [-0.2, -0.15) is 10.1 Å². The lowest BCUT2D eigenvalue weighted by atomic mass is 10.2. The molecule has 0 atom stereocenters. The lowest BCUT2D eigenvalue weighted by Crippen LogP contribution is -2.08. The molecule has 0 unspecified atom stereocenters. The summed E-state index contributed by atoms with van der Waals surface area (Å²) in [7, 11) is 1.35. The fourth-order valence-corrected chi connectivity index (χ4v) is 2.42. The molecule has 28 heavy (non-hydrogen) atoms. The predicted molar refractivity (Wildman–Crippen MR) is 106 cm³/mol. The van der Waals surface area contributed by atoms with E-state index in [2.05, 4.69) is 25.8 Å². The van der Waals surface area contributed by atoms with Crippen molar-refractivity contribution in [3.63, 3.8) is 0 Å². The summed E-state index contributed by atoms with van der Waals surface area (Å²) in [5.74, 6) is 1.16. The van der Waals surface area contributed by atoms with Gasteiger partial charge in [0.25, 0.3) is 0 Å². The molecule has 1 heterocycles. The summed E-state index contributed by atoms with van der Waals surface area (Å²) < 4.78 is 10.5. The highest BCUT2D eigenvalue weighted by Gasteiger charge is 2.09. The molecule has 0 saturated heterocycles. The molecule has 8 heteroatoms. The van der Waals surface area contributed by atoms with E-state index in [1.165, 1.54) is 13.3 Å². The monoisotopic (exact) mass is 379 g/mol. The normalized spacial score (nSPS) is 10.4. The first-order valence-electron chi connectivity index (χ1n) is 8.73. The molecule has 2 aromatic carbocycles. The number of esters is 1. The van der Waals surface area contributed by atoms with E-state index in [1.807, 2.05) is 38.1 Å². The Morgan fingerprint density at radius 2 is 1.79 bits per heavy atom. The molecular formula is C20H21N5O3. The SMILES string of the molecule is COC(=O)c1ccc(Nc2cnnc(Nc3ccccc3OC(C)C)n2)cc1. The Balaban J connectivity index is 1.74. The van der Waals surface area contributed by atoms with Gasteiger partial charge in [-0.1, -0.05) is 12.1 Å². The summed E-state index contributed by atoms with van der Waals surface area (Å²) in [4.78, 5) is 15.9. The summed E-state index contributed by atoms with van der Waals surface area (Å²) >= 11 is 0. The molecule has 0 radical (unpaired) electrons. The van der Waals surface area contributed by atoms with Gasteiger partial charge in [-0.3, -0.25) is 0 Å². The average molecular weight is 379 g/mol. The van der Waals surface area contributed by atoms with Gasteiger partial charge in [0.05, 0.1) is 30.7 Å². The van der Waals surface area contributed by atoms with Gasteiger partial charge in [0.1, 0.15) is 5.75 Å². The quantitative estimate of drug-likeness (QED) is 0.596. The molecule has 0 aliphatic rings. The van der Waals surface area contributed by atoms with Gasteiger partial charge < -0.3 is 20.1 Å². The van der Waals surface area contributed by atoms with E-state index in [0.29, 0.717) is 23.1 Å². The second-order valence-corrected chi connectivity index (χ2v) is 6.15. The number of aromatic nitrogens is 3. The smallest absolute Gasteiger partial charge is 0.337 e. The van der Waals surface area contributed by atoms with Crippen LogP contribution < -0.4 is 15.4 Å². The van der Waals surface area contributed by atoms with Gasteiger partial charge in [0, 0.05) is 5.69 Å². The van der Waals surface area contributed by atoms with Crippen molar-refractivity contribution >= 4 is 29.1 Å². The minimum atomic E-state index is -0.385. The van der Waals surface area contributed by atoms with Gasteiger partial charge in [-0.05, 0) is 50.2 Å². The standard InChI is InChI=1S/C20H21N5O3/c1-13(2)28-17-7-5-4-6-16(17)23-20-24-18(12-21-25-20)22-15-10-8-14(9-11-15)19(26)27-3/h4-13H,1-3H3,(H2,22,23,24,25). The van der Waals surface area contributed by atoms with Crippen LogP contribution in [0.25, 0.3) is 0 Å². The van der Waals surface area contributed by atoms with Crippen LogP contribution in [0, 0.1) is 0 Å². The number of carbonyl (C=O) groups excluding carboxylic acids is 1. The number of benzene rings is 2. The van der Waals surface area contributed by atoms with Crippen LogP contribution in [0.15, 0.2) is 54.7 Å². The van der Waals surface area contributed by atoms with Crippen molar-refractivity contribution in [2.24, 2.45) is 0 Å². The Morgan fingerprint density at radius 3 is 2.50 bits per heavy atom. The second kappa shape index (κ2) is 8.81. The van der Waals surface area contributed by atoms with Crippen molar-refractivity contribution in [3.8, 4) is 5.75 Å². The first-order valence-corrected chi connectivity index (χ1v) is 8.73. The summed E-state index contributed by atoms with van der Waals surface area (Å²) in [6, 6.07) is 14.4. The van der Waals surface area contributed by atoms with E-state index in [4.69, 9.17) is 9.47 Å². The highest BCUT2D eigenvalue weighted by Crippen LogP contribution is 2.27. The molecule has 1 aromatic heterocycles. The lowest BCUT2D eigenvalue weighted by Gasteiger charge is -2.14. The number of anilines is 4. The highest BCUT2D eigenvalue weighted by molar-refractivity contribution is 5.89. The minimum Gasteiger partial charge on any atom is -0.489 e. The Hall–Kier alpha value is -3.68. The van der Waals surface area contributed by atoms with Crippen LogP contribution >= 0.6 is 0 Å². The minimum absolute atomic E-state index is 0.0444. The molecule has 8 nitrogen and oxygen atoms in total. The molecule has 0 aliphatic carbocycles. The molecule has 0 amide bonds. The predicted octanol–water partition coefficient (Wildman–Crippen LogP) is 3.93. The van der Waals surface area contributed by atoms with Gasteiger partial charge in [-0.15, -0.1) is 5.10 Å². The van der Waals surface area contributed by atoms with Crippen molar-refractivity contribution in [2.75, 3.05) is 17.7 Å². The van der Waals surface area contributed by atoms with Crippen molar-refractivity contribution in [1.29, 1.82) is 0 Å². The largest absolute Gasteiger partial charge is 0.489 e. The topological polar surface area (TPSA) is 98.3 Å². The lowest BCUT2D eigenvalue weighted by molar-refractivity contribution is 0.0601. The number of nitrogens with zero attached hydrogens (tertiary/aromatic N) is 3. The number of hydrogen-bond donors (Lipinski definition) is 2. The maximum Gasteiger partial charge on any atom is 0.337 e. The number of hydrogen-bond acceptors (Lipinski definition) is 8. The zero-order valence-electron chi connectivity index (χ0n) is 15.8. The van der Waals surface area contributed by atoms with Crippen LogP contribution in [0.5, 0.6) is 5.75 Å². The number of ether oxygens (including phenoxy) is 2. The molecule has 3 rings (SSSR count). The summed E-state index contributed by atoms with van der Waals surface area (Å²) in [5.41, 5.74) is 1.97. The van der Waals surface area contributed by atoms with E-state index in [-0.39, 0.29) is 12.1 Å². The molecule has 0 saturated carbocycles. The first kappa shape index (κ1) is 19.1. The van der Waals surface area contributed by atoms with Crippen molar-refractivity contribution in [1.82, 2.24) is 15.2 Å². The molecule has 144 valence electrons. The first-order chi connectivity index (χ1) is 13.5. The molecule has 0 bridgehead atoms. The Labute approximate surface area is 162 Å². The summed E-state index contributed by atoms with van der Waals surface area (Å²) in [5, 5.41) is 14.2. The molecule has 2 N–H and O–H groups in total. The van der Waals surface area contributed by atoms with Crippen LogP contribution in [0.3, 0.4) is 0 Å². The number of rotatable bonds is 7. The maximum atomic E-state index is 11.5. The van der Waals surface area contributed by atoms with Crippen LogP contribution in [0.4, 0.5) is 23.1 Å². The maximum absolute atomic E-state index is 11.5. The Bertz CT molecular complexity index is 945. The third-order valence-electron chi connectivity index (χ3n) is 3.63. The van der Waals surface area contributed by atoms with Crippen molar-refractivity contribution < 1.29 is 14.3 Å². The van der Waals surface area contributed by atoms with E-state index in [9.17, 15) is 4.79 Å². The van der Waals surface area contributed by atoms with E-state index in [0.717, 1.165) is 11.4 Å². The zero-order chi connectivity index (χ0) is 19.9. The highest BCUT2D eigenvalue weighted by atomic mass is 16.5. The van der Waals surface area contributed by atoms with Crippen molar-refractivity contribution in [3.05, 3.63) is 60.3 Å². The molecule has 0 aliphatic heterocycles. The summed E-state index contributed by atoms with van der Waals surface area (Å²) in [6.45, 7) is 3.93. The number of methoxy groups -OCH3 is 1. The Kier molecular flexibility index (Phi) is 6.01. The van der Waals surface area contributed by atoms with Crippen LogP contribution in [0.2, 0.25) is 0 Å². The van der Waals surface area contributed by atoms with E-state index < -0.39 is 0 Å². The van der Waals surface area contributed by atoms with Gasteiger partial charge in [-0.25, -0.2) is 4.79 Å². The van der Waals surface area contributed by atoms with Gasteiger partial charge in [0.2, 0.25) is 5.95 Å². The number of carbonyl (C=O) groups is 1. The molecule has 0 fully saturated rings. The van der Waals surface area contributed by atoms with Crippen LogP contribution in [-0.2, 0) is 4.74 Å². The average Bonchev–Trinajstić information content (AvgIpc) is 2.69. The van der Waals surface area contributed by atoms with E-state index in [1.54, 1.807) is 24.3 Å². The third kappa shape index (κ3) is 4.94. The van der Waals surface area contributed by atoms with Crippen LogP contribution in [0.1, 0.15) is 24.2 Å². The van der Waals surface area contributed by atoms with Crippen molar-refractivity contribution in [2.45, 2.75) is 20.0 Å². The second-order valence-electron chi connectivity index (χ2n) is 6.15. The molecular weight excluding hydrogens is 358 g/mol. The third-order valence-corrected chi connectivity index (χ3v) is 3.63. The summed E-state index contributed by atoms with van der Waals surface area (Å²) in [6.07, 6.45) is 1.55. The van der Waals surface area contributed by atoms with Crippen LogP contribution in [-0.4, -0.2) is 34.4 Å². The van der Waals surface area contributed by atoms with E-state index >= 15 is 0 Å². The number of para-hydroxylation sites is 2. The number of nitrogens with one attached hydrogen (secondary N) is 2. The van der Waals surface area contributed by atoms with Gasteiger partial charge in [0.15, 0.2) is 5.82 Å². The zero-order valence-corrected chi connectivity index (χ0v) is 15.8. The molecule has 3 aromatic rings. The fourth-order valence-electron chi connectivity index (χ4n) is 2.42. The molecule has 0 spiro atoms. The fraction of sp³-hybridized carbons (Fsp3) is 0.200.